The lowest BCUT2D eigenvalue weighted by Crippen LogP contribution is -2.23. The van der Waals surface area contributed by atoms with E-state index < -0.39 is 11.6 Å². The van der Waals surface area contributed by atoms with Gasteiger partial charge in [0.05, 0.1) is 5.56 Å². The molecule has 2 aromatic carbocycles. The Morgan fingerprint density at radius 2 is 1.95 bits per heavy atom. The number of carboxylic acid groups (broad SMARTS) is 1. The number of hydrogen-bond donors (Lipinski definition) is 2. The molecule has 0 bridgehead atoms. The van der Waals surface area contributed by atoms with Gasteiger partial charge in [-0.3, -0.25) is 0 Å². The maximum Gasteiger partial charge on any atom is 0.335 e. The topological polar surface area (TPSA) is 66.8 Å². The van der Waals surface area contributed by atoms with E-state index in [9.17, 15) is 9.90 Å². The molecule has 0 fully saturated rings. The molecule has 2 N–H and O–H groups in total. The van der Waals surface area contributed by atoms with E-state index in [-0.39, 0.29) is 5.56 Å². The van der Waals surface area contributed by atoms with Crippen molar-refractivity contribution in [2.75, 3.05) is 0 Å². The fourth-order valence-corrected chi connectivity index (χ4v) is 2.59. The number of fused-ring (bicyclic) bond motifs is 2. The largest absolute Gasteiger partial charge is 0.488 e. The van der Waals surface area contributed by atoms with Gasteiger partial charge >= 0.3 is 5.97 Å². The van der Waals surface area contributed by atoms with E-state index in [1.54, 1.807) is 13.0 Å². The summed E-state index contributed by atoms with van der Waals surface area (Å²) in [6.45, 7) is 2.01. The minimum Gasteiger partial charge on any atom is -0.488 e. The van der Waals surface area contributed by atoms with E-state index in [0.717, 1.165) is 11.1 Å². The van der Waals surface area contributed by atoms with Gasteiger partial charge in [0.2, 0.25) is 0 Å². The average Bonchev–Trinajstić information content (AvgIpc) is 2.55. The third kappa shape index (κ3) is 1.85. The Morgan fingerprint density at radius 1 is 1.20 bits per heavy atom. The predicted molar refractivity (Wildman–Crippen MR) is 72.8 cm³/mol. The summed E-state index contributed by atoms with van der Waals surface area (Å²) in [5.74, 6) is -0.516. The van der Waals surface area contributed by atoms with Crippen LogP contribution in [-0.4, -0.2) is 16.2 Å². The Labute approximate surface area is 116 Å². The fraction of sp³-hybridized carbons (Fsp3) is 0.188. The first-order valence-corrected chi connectivity index (χ1v) is 6.31. The molecule has 3 rings (SSSR count). The zero-order valence-electron chi connectivity index (χ0n) is 11.0. The lowest BCUT2D eigenvalue weighted by molar-refractivity contribution is 0.0695. The molecule has 4 heteroatoms. The van der Waals surface area contributed by atoms with Gasteiger partial charge in [0.1, 0.15) is 18.0 Å². The summed E-state index contributed by atoms with van der Waals surface area (Å²) in [6, 6.07) is 12.0. The Morgan fingerprint density at radius 3 is 2.70 bits per heavy atom. The molecular formula is C16H14O4. The van der Waals surface area contributed by atoms with E-state index in [0.29, 0.717) is 17.9 Å². The van der Waals surface area contributed by atoms with Gasteiger partial charge in [0.15, 0.2) is 0 Å². The first-order valence-electron chi connectivity index (χ1n) is 6.31. The molecule has 0 amide bonds. The van der Waals surface area contributed by atoms with Crippen LogP contribution in [0.3, 0.4) is 0 Å². The van der Waals surface area contributed by atoms with Gasteiger partial charge in [-0.05, 0) is 36.2 Å². The van der Waals surface area contributed by atoms with Crippen molar-refractivity contribution in [3.05, 3.63) is 64.7 Å². The first-order chi connectivity index (χ1) is 9.50. The van der Waals surface area contributed by atoms with Crippen LogP contribution in [-0.2, 0) is 12.2 Å². The summed E-state index contributed by atoms with van der Waals surface area (Å²) in [7, 11) is 0. The van der Waals surface area contributed by atoms with Crippen LogP contribution in [0.2, 0.25) is 0 Å². The lowest BCUT2D eigenvalue weighted by atomic mass is 9.85. The van der Waals surface area contributed by atoms with Gasteiger partial charge in [0, 0.05) is 5.56 Å². The molecule has 20 heavy (non-hydrogen) atoms. The van der Waals surface area contributed by atoms with Crippen LogP contribution in [0, 0.1) is 0 Å². The smallest absolute Gasteiger partial charge is 0.335 e. The molecule has 102 valence electrons. The fourth-order valence-electron chi connectivity index (χ4n) is 2.59. The predicted octanol–water partition coefficient (Wildman–Crippen LogP) is 2.53. The number of benzene rings is 2. The molecule has 0 aliphatic carbocycles. The number of hydrogen-bond acceptors (Lipinski definition) is 3. The van der Waals surface area contributed by atoms with Gasteiger partial charge in [-0.25, -0.2) is 4.79 Å². The molecule has 0 radical (unpaired) electrons. The maximum atomic E-state index is 11.1. The number of ether oxygens (including phenoxy) is 1. The van der Waals surface area contributed by atoms with Gasteiger partial charge in [-0.2, -0.15) is 0 Å². The number of rotatable bonds is 1. The average molecular weight is 270 g/mol. The third-order valence-electron chi connectivity index (χ3n) is 3.68. The van der Waals surface area contributed by atoms with Crippen LogP contribution in [0.25, 0.3) is 0 Å². The summed E-state index contributed by atoms with van der Waals surface area (Å²) in [5, 5.41) is 20.0. The number of aromatic carboxylic acids is 1. The highest BCUT2D eigenvalue weighted by atomic mass is 16.5. The molecule has 2 aromatic rings. The minimum absolute atomic E-state index is 0.131. The molecule has 1 atom stereocenters. The monoisotopic (exact) mass is 270 g/mol. The van der Waals surface area contributed by atoms with Crippen molar-refractivity contribution in [2.45, 2.75) is 19.1 Å². The van der Waals surface area contributed by atoms with Crippen LogP contribution >= 0.6 is 0 Å². The molecule has 1 heterocycles. The van der Waals surface area contributed by atoms with Crippen LogP contribution in [0.4, 0.5) is 0 Å². The molecule has 1 aliphatic rings. The molecular weight excluding hydrogens is 256 g/mol. The number of aliphatic hydroxyl groups is 1. The van der Waals surface area contributed by atoms with Crippen molar-refractivity contribution >= 4 is 5.97 Å². The highest BCUT2D eigenvalue weighted by molar-refractivity contribution is 5.88. The number of carbonyl (C=O) groups is 1. The van der Waals surface area contributed by atoms with Crippen LogP contribution < -0.4 is 4.74 Å². The summed E-state index contributed by atoms with van der Waals surface area (Å²) >= 11 is 0. The molecule has 0 saturated heterocycles. The zero-order chi connectivity index (χ0) is 14.3. The van der Waals surface area contributed by atoms with E-state index in [4.69, 9.17) is 9.84 Å². The van der Waals surface area contributed by atoms with Gasteiger partial charge < -0.3 is 14.9 Å². The van der Waals surface area contributed by atoms with Gasteiger partial charge in [-0.15, -0.1) is 0 Å². The Kier molecular flexibility index (Phi) is 2.76. The third-order valence-corrected chi connectivity index (χ3v) is 3.68. The summed E-state index contributed by atoms with van der Waals surface area (Å²) in [5.41, 5.74) is 0.953. The summed E-state index contributed by atoms with van der Waals surface area (Å²) in [4.78, 5) is 11.1. The highest BCUT2D eigenvalue weighted by Crippen LogP contribution is 2.40. The quantitative estimate of drug-likeness (QED) is 0.835. The van der Waals surface area contributed by atoms with E-state index in [2.05, 4.69) is 0 Å². The molecule has 1 aliphatic heterocycles. The second kappa shape index (κ2) is 4.35. The molecule has 4 nitrogen and oxygen atoms in total. The highest BCUT2D eigenvalue weighted by Gasteiger charge is 2.34. The standard InChI is InChI=1S/C16H14O4/c1-16(19)12-5-3-2-4-11(12)9-20-14-7-6-10(15(17)18)8-13(14)16/h2-8,19H,9H2,1H3,(H,17,18). The SMILES string of the molecule is CC1(O)c2ccccc2COc2ccc(C(=O)O)cc21. The van der Waals surface area contributed by atoms with Gasteiger partial charge in [0.25, 0.3) is 0 Å². The molecule has 0 aromatic heterocycles. The number of carboxylic acids is 1. The van der Waals surface area contributed by atoms with Crippen LogP contribution in [0.5, 0.6) is 5.75 Å². The van der Waals surface area contributed by atoms with Crippen molar-refractivity contribution in [1.82, 2.24) is 0 Å². The first kappa shape index (κ1) is 12.7. The normalized spacial score (nSPS) is 20.3. The van der Waals surface area contributed by atoms with Crippen LogP contribution in [0.15, 0.2) is 42.5 Å². The Bertz CT molecular complexity index is 689. The summed E-state index contributed by atoms with van der Waals surface area (Å²) < 4.78 is 5.69. The van der Waals surface area contributed by atoms with Gasteiger partial charge in [-0.1, -0.05) is 24.3 Å². The Hall–Kier alpha value is -2.33. The van der Waals surface area contributed by atoms with E-state index >= 15 is 0 Å². The lowest BCUT2D eigenvalue weighted by Gasteiger charge is -2.25. The molecule has 0 saturated carbocycles. The van der Waals surface area contributed by atoms with Crippen molar-refractivity contribution in [3.8, 4) is 5.75 Å². The van der Waals surface area contributed by atoms with Crippen molar-refractivity contribution in [2.24, 2.45) is 0 Å². The van der Waals surface area contributed by atoms with Crippen molar-refractivity contribution < 1.29 is 19.7 Å². The van der Waals surface area contributed by atoms with E-state index in [1.165, 1.54) is 12.1 Å². The van der Waals surface area contributed by atoms with Crippen molar-refractivity contribution in [3.63, 3.8) is 0 Å². The molecule has 1 unspecified atom stereocenters. The minimum atomic E-state index is -1.28. The maximum absolute atomic E-state index is 11.1. The van der Waals surface area contributed by atoms with Crippen LogP contribution in [0.1, 0.15) is 34.0 Å². The summed E-state index contributed by atoms with van der Waals surface area (Å²) in [6.07, 6.45) is 0. The zero-order valence-corrected chi connectivity index (χ0v) is 11.0. The second-order valence-electron chi connectivity index (χ2n) is 5.03. The van der Waals surface area contributed by atoms with E-state index in [1.807, 2.05) is 24.3 Å². The Balaban J connectivity index is 2.24. The second-order valence-corrected chi connectivity index (χ2v) is 5.03. The molecule has 0 spiro atoms. The van der Waals surface area contributed by atoms with Crippen molar-refractivity contribution in [1.29, 1.82) is 0 Å².